The summed E-state index contributed by atoms with van der Waals surface area (Å²) < 4.78 is 6.17. The van der Waals surface area contributed by atoms with Crippen LogP contribution >= 0.6 is 22.6 Å². The molecule has 0 aromatic heterocycles. The van der Waals surface area contributed by atoms with Crippen molar-refractivity contribution in [3.8, 4) is 0 Å². The molecule has 1 aliphatic rings. The van der Waals surface area contributed by atoms with Crippen LogP contribution in [0.4, 0.5) is 0 Å². The lowest BCUT2D eigenvalue weighted by atomic mass is 9.84. The molecule has 1 aliphatic heterocycles. The van der Waals surface area contributed by atoms with E-state index in [0.717, 1.165) is 9.13 Å². The van der Waals surface area contributed by atoms with Gasteiger partial charge in [0.1, 0.15) is 0 Å². The van der Waals surface area contributed by atoms with Gasteiger partial charge in [0.05, 0.1) is 12.2 Å². The van der Waals surface area contributed by atoms with Gasteiger partial charge in [-0.15, -0.1) is 0 Å². The molecular weight excluding hydrogens is 369 g/mol. The maximum absolute atomic E-state index is 12.2. The molecule has 0 bridgehead atoms. The van der Waals surface area contributed by atoms with Crippen LogP contribution in [0.15, 0.2) is 35.5 Å². The molecule has 0 radical (unpaired) electrons. The van der Waals surface area contributed by atoms with Crippen molar-refractivity contribution in [1.29, 1.82) is 0 Å². The highest BCUT2D eigenvalue weighted by molar-refractivity contribution is 14.1. The highest BCUT2D eigenvalue weighted by Gasteiger charge is 2.33. The summed E-state index contributed by atoms with van der Waals surface area (Å²) in [6.07, 6.45) is 0.269. The van der Waals surface area contributed by atoms with Gasteiger partial charge in [-0.1, -0.05) is 18.2 Å². The van der Waals surface area contributed by atoms with E-state index in [1.165, 1.54) is 0 Å². The number of amides is 1. The Morgan fingerprint density at radius 2 is 2.15 bits per heavy atom. The van der Waals surface area contributed by atoms with Crippen LogP contribution in [0.25, 0.3) is 0 Å². The monoisotopic (exact) mass is 385 g/mol. The number of carbonyl (C=O) groups excluding carboxylic acids is 2. The molecule has 0 aliphatic carbocycles. The second kappa shape index (κ2) is 6.39. The molecule has 0 fully saturated rings. The molecule has 1 amide bonds. The molecule has 0 saturated heterocycles. The lowest BCUT2D eigenvalue weighted by Gasteiger charge is -2.27. The molecule has 1 unspecified atom stereocenters. The summed E-state index contributed by atoms with van der Waals surface area (Å²) in [4.78, 5) is 24.0. The molecule has 1 aromatic carbocycles. The summed E-state index contributed by atoms with van der Waals surface area (Å²) in [5, 5.41) is 2.73. The summed E-state index contributed by atoms with van der Waals surface area (Å²) in [6, 6.07) is 7.79. The van der Waals surface area contributed by atoms with Crippen molar-refractivity contribution < 1.29 is 14.3 Å². The van der Waals surface area contributed by atoms with E-state index in [1.807, 2.05) is 24.3 Å². The largest absolute Gasteiger partial charge is 0.463 e. The van der Waals surface area contributed by atoms with Crippen molar-refractivity contribution in [2.24, 2.45) is 0 Å². The first-order chi connectivity index (χ1) is 9.54. The van der Waals surface area contributed by atoms with E-state index < -0.39 is 0 Å². The topological polar surface area (TPSA) is 55.4 Å². The number of allylic oxidation sites excluding steroid dienone is 1. The Balaban J connectivity index is 2.48. The fourth-order valence-electron chi connectivity index (χ4n) is 2.40. The van der Waals surface area contributed by atoms with Gasteiger partial charge in [-0.25, -0.2) is 4.79 Å². The standard InChI is InChI=1S/C15H16INO3/c1-3-20-15(19)14-9(2)17-13(18)8-11(14)10-6-4-5-7-12(10)16/h4-7,11H,3,8H2,1-2H3,(H,17,18). The van der Waals surface area contributed by atoms with Crippen molar-refractivity contribution in [3.63, 3.8) is 0 Å². The number of hydrogen-bond donors (Lipinski definition) is 1. The van der Waals surface area contributed by atoms with Gasteiger partial charge in [0, 0.05) is 21.6 Å². The van der Waals surface area contributed by atoms with Gasteiger partial charge in [0.2, 0.25) is 5.91 Å². The smallest absolute Gasteiger partial charge is 0.336 e. The van der Waals surface area contributed by atoms with Gasteiger partial charge in [0.15, 0.2) is 0 Å². The highest BCUT2D eigenvalue weighted by atomic mass is 127. The van der Waals surface area contributed by atoms with Crippen molar-refractivity contribution in [3.05, 3.63) is 44.7 Å². The van der Waals surface area contributed by atoms with Crippen LogP contribution < -0.4 is 5.32 Å². The maximum atomic E-state index is 12.2. The molecule has 1 N–H and O–H groups in total. The molecule has 1 aromatic rings. The maximum Gasteiger partial charge on any atom is 0.336 e. The predicted octanol–water partition coefficient (Wildman–Crippen LogP) is 2.73. The Hall–Kier alpha value is -1.37. The molecule has 20 heavy (non-hydrogen) atoms. The number of rotatable bonds is 3. The molecule has 1 atom stereocenters. The summed E-state index contributed by atoms with van der Waals surface area (Å²) in [5.74, 6) is -0.661. The summed E-state index contributed by atoms with van der Waals surface area (Å²) in [6.45, 7) is 3.84. The Bertz CT molecular complexity index is 580. The quantitative estimate of drug-likeness (QED) is 0.643. The fraction of sp³-hybridized carbons (Fsp3) is 0.333. The van der Waals surface area contributed by atoms with Crippen molar-refractivity contribution in [2.75, 3.05) is 6.61 Å². The molecule has 4 nitrogen and oxygen atoms in total. The van der Waals surface area contributed by atoms with E-state index in [1.54, 1.807) is 13.8 Å². The molecule has 2 rings (SSSR count). The average molecular weight is 385 g/mol. The van der Waals surface area contributed by atoms with Crippen LogP contribution in [0, 0.1) is 3.57 Å². The Morgan fingerprint density at radius 3 is 2.80 bits per heavy atom. The van der Waals surface area contributed by atoms with Crippen molar-refractivity contribution in [1.82, 2.24) is 5.32 Å². The number of carbonyl (C=O) groups is 2. The molecule has 0 saturated carbocycles. The molecule has 0 spiro atoms. The van der Waals surface area contributed by atoms with Crippen LogP contribution in [0.3, 0.4) is 0 Å². The van der Waals surface area contributed by atoms with Crippen LogP contribution in [0.2, 0.25) is 0 Å². The third-order valence-corrected chi connectivity index (χ3v) is 4.23. The number of esters is 1. The van der Waals surface area contributed by atoms with Crippen molar-refractivity contribution >= 4 is 34.5 Å². The van der Waals surface area contributed by atoms with Gasteiger partial charge in [-0.2, -0.15) is 0 Å². The SMILES string of the molecule is CCOC(=O)C1=C(C)NC(=O)CC1c1ccccc1I. The average Bonchev–Trinajstić information content (AvgIpc) is 2.38. The zero-order valence-electron chi connectivity index (χ0n) is 11.4. The first kappa shape index (κ1) is 15.0. The Morgan fingerprint density at radius 1 is 1.45 bits per heavy atom. The molecule has 106 valence electrons. The summed E-state index contributed by atoms with van der Waals surface area (Å²) >= 11 is 2.23. The van der Waals surface area contributed by atoms with Crippen molar-refractivity contribution in [2.45, 2.75) is 26.2 Å². The van der Waals surface area contributed by atoms with E-state index in [0.29, 0.717) is 17.9 Å². The van der Waals surface area contributed by atoms with E-state index in [9.17, 15) is 9.59 Å². The van der Waals surface area contributed by atoms with E-state index >= 15 is 0 Å². The fourth-order valence-corrected chi connectivity index (χ4v) is 3.17. The number of benzene rings is 1. The zero-order valence-corrected chi connectivity index (χ0v) is 13.6. The minimum absolute atomic E-state index is 0.0693. The number of ether oxygens (including phenoxy) is 1. The van der Waals surface area contributed by atoms with E-state index in [-0.39, 0.29) is 24.2 Å². The number of nitrogens with one attached hydrogen (secondary N) is 1. The molecule has 1 heterocycles. The normalized spacial score (nSPS) is 18.8. The van der Waals surface area contributed by atoms with Crippen LogP contribution in [0.5, 0.6) is 0 Å². The second-order valence-corrected chi connectivity index (χ2v) is 5.75. The number of hydrogen-bond acceptors (Lipinski definition) is 3. The molecule has 5 heteroatoms. The number of halogens is 1. The second-order valence-electron chi connectivity index (χ2n) is 4.59. The van der Waals surface area contributed by atoms with Gasteiger partial charge < -0.3 is 10.1 Å². The zero-order chi connectivity index (χ0) is 14.7. The Labute approximate surface area is 131 Å². The lowest BCUT2D eigenvalue weighted by molar-refractivity contribution is -0.139. The highest BCUT2D eigenvalue weighted by Crippen LogP contribution is 2.35. The van der Waals surface area contributed by atoms with Crippen LogP contribution in [-0.4, -0.2) is 18.5 Å². The minimum Gasteiger partial charge on any atom is -0.463 e. The summed E-state index contributed by atoms with van der Waals surface area (Å²) in [5.41, 5.74) is 2.13. The van der Waals surface area contributed by atoms with E-state index in [4.69, 9.17) is 4.74 Å². The van der Waals surface area contributed by atoms with Gasteiger partial charge in [-0.05, 0) is 48.1 Å². The third-order valence-electron chi connectivity index (χ3n) is 3.24. The minimum atomic E-state index is -0.352. The Kier molecular flexibility index (Phi) is 4.80. The molecular formula is C15H16INO3. The first-order valence-electron chi connectivity index (χ1n) is 6.46. The van der Waals surface area contributed by atoms with Gasteiger partial charge in [0.25, 0.3) is 0 Å². The van der Waals surface area contributed by atoms with Gasteiger partial charge in [-0.3, -0.25) is 4.79 Å². The third kappa shape index (κ3) is 3.03. The predicted molar refractivity (Wildman–Crippen MR) is 84.0 cm³/mol. The first-order valence-corrected chi connectivity index (χ1v) is 7.54. The van der Waals surface area contributed by atoms with Gasteiger partial charge >= 0.3 is 5.97 Å². The van der Waals surface area contributed by atoms with Crippen LogP contribution in [-0.2, 0) is 14.3 Å². The van der Waals surface area contributed by atoms with E-state index in [2.05, 4.69) is 27.9 Å². The van der Waals surface area contributed by atoms with Crippen LogP contribution in [0.1, 0.15) is 31.7 Å². The summed E-state index contributed by atoms with van der Waals surface area (Å²) in [7, 11) is 0. The lowest BCUT2D eigenvalue weighted by Crippen LogP contribution is -2.34.